The van der Waals surface area contributed by atoms with Crippen molar-refractivity contribution in [3.8, 4) is 0 Å². The SMILES string of the molecule is Cc1ccc(Cl)cc1NS(=O)(=O)c1ccc(N)c(Cl)c1. The monoisotopic (exact) mass is 330 g/mol. The van der Waals surface area contributed by atoms with Gasteiger partial charge in [0, 0.05) is 5.02 Å². The molecule has 0 aliphatic heterocycles. The predicted octanol–water partition coefficient (Wildman–Crippen LogP) is 3.68. The lowest BCUT2D eigenvalue weighted by Gasteiger charge is -2.11. The van der Waals surface area contributed by atoms with Gasteiger partial charge in [0.1, 0.15) is 0 Å². The second kappa shape index (κ2) is 5.52. The van der Waals surface area contributed by atoms with Crippen molar-refractivity contribution in [3.05, 3.63) is 52.0 Å². The van der Waals surface area contributed by atoms with Gasteiger partial charge in [-0.2, -0.15) is 0 Å². The minimum absolute atomic E-state index is 0.0380. The molecule has 3 N–H and O–H groups in total. The molecule has 20 heavy (non-hydrogen) atoms. The van der Waals surface area contributed by atoms with E-state index in [1.165, 1.54) is 18.2 Å². The van der Waals surface area contributed by atoms with E-state index in [1.54, 1.807) is 25.1 Å². The van der Waals surface area contributed by atoms with Crippen LogP contribution in [0.4, 0.5) is 11.4 Å². The van der Waals surface area contributed by atoms with Gasteiger partial charge in [-0.1, -0.05) is 29.3 Å². The lowest BCUT2D eigenvalue weighted by atomic mass is 10.2. The van der Waals surface area contributed by atoms with E-state index in [-0.39, 0.29) is 9.92 Å². The summed E-state index contributed by atoms with van der Waals surface area (Å²) in [6.45, 7) is 1.78. The quantitative estimate of drug-likeness (QED) is 0.843. The van der Waals surface area contributed by atoms with Crippen LogP contribution in [0.25, 0.3) is 0 Å². The van der Waals surface area contributed by atoms with Crippen LogP contribution in [-0.4, -0.2) is 8.42 Å². The van der Waals surface area contributed by atoms with E-state index in [0.717, 1.165) is 5.56 Å². The van der Waals surface area contributed by atoms with Crippen LogP contribution >= 0.6 is 23.2 Å². The Morgan fingerprint density at radius 3 is 2.45 bits per heavy atom. The van der Waals surface area contributed by atoms with E-state index in [2.05, 4.69) is 4.72 Å². The van der Waals surface area contributed by atoms with Gasteiger partial charge in [-0.25, -0.2) is 8.42 Å². The van der Waals surface area contributed by atoms with Crippen molar-refractivity contribution in [3.63, 3.8) is 0 Å². The fourth-order valence-corrected chi connectivity index (χ4v) is 3.15. The Hall–Kier alpha value is -1.43. The molecule has 4 nitrogen and oxygen atoms in total. The highest BCUT2D eigenvalue weighted by Gasteiger charge is 2.16. The van der Waals surface area contributed by atoms with E-state index in [9.17, 15) is 8.42 Å². The second-order valence-electron chi connectivity index (χ2n) is 4.25. The van der Waals surface area contributed by atoms with Crippen LogP contribution in [0, 0.1) is 6.92 Å². The fourth-order valence-electron chi connectivity index (χ4n) is 1.58. The largest absolute Gasteiger partial charge is 0.398 e. The molecule has 0 saturated heterocycles. The number of nitrogens with one attached hydrogen (secondary N) is 1. The summed E-state index contributed by atoms with van der Waals surface area (Å²) >= 11 is 11.7. The van der Waals surface area contributed by atoms with Crippen LogP contribution < -0.4 is 10.5 Å². The summed E-state index contributed by atoms with van der Waals surface area (Å²) in [5, 5.41) is 0.638. The van der Waals surface area contributed by atoms with Crippen molar-refractivity contribution in [2.24, 2.45) is 0 Å². The third-order valence-corrected chi connectivity index (χ3v) is 4.65. The number of sulfonamides is 1. The molecule has 0 atom stereocenters. The third kappa shape index (κ3) is 3.17. The maximum atomic E-state index is 12.3. The van der Waals surface area contributed by atoms with Crippen LogP contribution in [-0.2, 0) is 10.0 Å². The molecule has 7 heteroatoms. The molecule has 0 saturated carbocycles. The van der Waals surface area contributed by atoms with Gasteiger partial charge in [-0.3, -0.25) is 4.72 Å². The first kappa shape index (κ1) is 15.0. The Kier molecular flexibility index (Phi) is 4.13. The molecule has 0 aromatic heterocycles. The molecule has 2 rings (SSSR count). The number of nitrogens with two attached hydrogens (primary N) is 1. The minimum Gasteiger partial charge on any atom is -0.398 e. The molecule has 0 fully saturated rings. The molecule has 0 spiro atoms. The van der Waals surface area contributed by atoms with Crippen molar-refractivity contribution in [2.75, 3.05) is 10.5 Å². The summed E-state index contributed by atoms with van der Waals surface area (Å²) in [5.41, 5.74) is 7.07. The van der Waals surface area contributed by atoms with Gasteiger partial charge >= 0.3 is 0 Å². The Morgan fingerprint density at radius 1 is 1.10 bits per heavy atom. The second-order valence-corrected chi connectivity index (χ2v) is 6.77. The average molecular weight is 331 g/mol. The molecule has 0 amide bonds. The summed E-state index contributed by atoms with van der Waals surface area (Å²) in [5.74, 6) is 0. The molecule has 0 heterocycles. The Labute approximate surface area is 127 Å². The number of hydrogen-bond acceptors (Lipinski definition) is 3. The van der Waals surface area contributed by atoms with Gasteiger partial charge in [-0.05, 0) is 42.8 Å². The molecule has 2 aromatic rings. The number of nitrogen functional groups attached to an aromatic ring is 1. The highest BCUT2D eigenvalue weighted by atomic mass is 35.5. The van der Waals surface area contributed by atoms with Crippen LogP contribution in [0.3, 0.4) is 0 Å². The van der Waals surface area contributed by atoms with Crippen molar-refractivity contribution in [1.29, 1.82) is 0 Å². The molecule has 2 aromatic carbocycles. The van der Waals surface area contributed by atoms with Gasteiger partial charge in [0.15, 0.2) is 0 Å². The smallest absolute Gasteiger partial charge is 0.261 e. The molecular weight excluding hydrogens is 319 g/mol. The highest BCUT2D eigenvalue weighted by molar-refractivity contribution is 7.92. The van der Waals surface area contributed by atoms with Crippen molar-refractivity contribution in [1.82, 2.24) is 0 Å². The van der Waals surface area contributed by atoms with E-state index in [1.807, 2.05) is 0 Å². The van der Waals surface area contributed by atoms with Gasteiger partial charge < -0.3 is 5.73 Å². The number of aryl methyl sites for hydroxylation is 1. The molecular formula is C13H12Cl2N2O2S. The molecule has 0 aliphatic rings. The summed E-state index contributed by atoms with van der Waals surface area (Å²) in [4.78, 5) is 0.0380. The minimum atomic E-state index is -3.74. The maximum absolute atomic E-state index is 12.3. The molecule has 0 bridgehead atoms. The number of rotatable bonds is 3. The normalized spacial score (nSPS) is 11.3. The predicted molar refractivity (Wildman–Crippen MR) is 82.9 cm³/mol. The summed E-state index contributed by atoms with van der Waals surface area (Å²) in [6, 6.07) is 9.11. The van der Waals surface area contributed by atoms with Crippen molar-refractivity contribution < 1.29 is 8.42 Å². The van der Waals surface area contributed by atoms with E-state index in [0.29, 0.717) is 16.4 Å². The fraction of sp³-hybridized carbons (Fsp3) is 0.0769. The van der Waals surface area contributed by atoms with Crippen molar-refractivity contribution >= 4 is 44.6 Å². The summed E-state index contributed by atoms with van der Waals surface area (Å²) in [6.07, 6.45) is 0. The number of anilines is 2. The molecule has 0 unspecified atom stereocenters. The first-order chi connectivity index (χ1) is 9.29. The van der Waals surface area contributed by atoms with E-state index < -0.39 is 10.0 Å². The zero-order chi connectivity index (χ0) is 14.9. The first-order valence-corrected chi connectivity index (χ1v) is 7.87. The number of benzene rings is 2. The van der Waals surface area contributed by atoms with Crippen LogP contribution in [0.5, 0.6) is 0 Å². The zero-order valence-corrected chi connectivity index (χ0v) is 12.9. The zero-order valence-electron chi connectivity index (χ0n) is 10.5. The topological polar surface area (TPSA) is 72.2 Å². The van der Waals surface area contributed by atoms with Gasteiger partial charge in [-0.15, -0.1) is 0 Å². The van der Waals surface area contributed by atoms with Crippen LogP contribution in [0.2, 0.25) is 10.0 Å². The maximum Gasteiger partial charge on any atom is 0.261 e. The molecule has 106 valence electrons. The summed E-state index contributed by atoms with van der Waals surface area (Å²) in [7, 11) is -3.74. The van der Waals surface area contributed by atoms with E-state index >= 15 is 0 Å². The van der Waals surface area contributed by atoms with Crippen LogP contribution in [0.15, 0.2) is 41.3 Å². The third-order valence-electron chi connectivity index (χ3n) is 2.73. The lowest BCUT2D eigenvalue weighted by molar-refractivity contribution is 0.601. The highest BCUT2D eigenvalue weighted by Crippen LogP contribution is 2.26. The number of hydrogen-bond donors (Lipinski definition) is 2. The standard InChI is InChI=1S/C13H12Cl2N2O2S/c1-8-2-3-9(14)6-13(8)17-20(18,19)10-4-5-12(16)11(15)7-10/h2-7,17H,16H2,1H3. The van der Waals surface area contributed by atoms with E-state index in [4.69, 9.17) is 28.9 Å². The number of halogens is 2. The van der Waals surface area contributed by atoms with Gasteiger partial charge in [0.25, 0.3) is 10.0 Å². The van der Waals surface area contributed by atoms with Crippen molar-refractivity contribution in [2.45, 2.75) is 11.8 Å². The Bertz CT molecular complexity index is 761. The van der Waals surface area contributed by atoms with Gasteiger partial charge in [0.2, 0.25) is 0 Å². The Balaban J connectivity index is 2.40. The average Bonchev–Trinajstić information content (AvgIpc) is 2.36. The summed E-state index contributed by atoms with van der Waals surface area (Å²) < 4.78 is 27.0. The van der Waals surface area contributed by atoms with Crippen LogP contribution in [0.1, 0.15) is 5.56 Å². The Morgan fingerprint density at radius 2 is 1.80 bits per heavy atom. The molecule has 0 aliphatic carbocycles. The molecule has 0 radical (unpaired) electrons. The lowest BCUT2D eigenvalue weighted by Crippen LogP contribution is -2.14. The van der Waals surface area contributed by atoms with Gasteiger partial charge in [0.05, 0.1) is 21.3 Å². The first-order valence-electron chi connectivity index (χ1n) is 5.63.